The summed E-state index contributed by atoms with van der Waals surface area (Å²) in [4.78, 5) is 4.00. The van der Waals surface area contributed by atoms with Crippen molar-refractivity contribution in [2.24, 2.45) is 0 Å². The average Bonchev–Trinajstić information content (AvgIpc) is 2.34. The third-order valence-corrected chi connectivity index (χ3v) is 1.49. The highest BCUT2D eigenvalue weighted by Crippen LogP contribution is 2.07. The topological polar surface area (TPSA) is 37.0 Å². The molecule has 0 aliphatic carbocycles. The van der Waals surface area contributed by atoms with E-state index in [0.717, 1.165) is 11.7 Å². The molecule has 50 valence electrons. The molecule has 1 aromatic rings. The SMILES string of the molecule is CCNNc1nccs1. The number of anilines is 1. The molecule has 1 aromatic heterocycles. The van der Waals surface area contributed by atoms with Gasteiger partial charge in [0.1, 0.15) is 0 Å². The van der Waals surface area contributed by atoms with Crippen molar-refractivity contribution in [3.8, 4) is 0 Å². The van der Waals surface area contributed by atoms with Gasteiger partial charge in [-0.05, 0) is 0 Å². The molecule has 0 spiro atoms. The molecule has 0 bridgehead atoms. The van der Waals surface area contributed by atoms with E-state index in [9.17, 15) is 0 Å². The molecule has 0 saturated heterocycles. The molecule has 0 aromatic carbocycles. The smallest absolute Gasteiger partial charge is 0.197 e. The van der Waals surface area contributed by atoms with Crippen LogP contribution in [0.3, 0.4) is 0 Å². The monoisotopic (exact) mass is 143 g/mol. The highest BCUT2D eigenvalue weighted by molar-refractivity contribution is 7.13. The van der Waals surface area contributed by atoms with Crippen molar-refractivity contribution < 1.29 is 0 Å². The van der Waals surface area contributed by atoms with Crippen LogP contribution < -0.4 is 10.9 Å². The zero-order chi connectivity index (χ0) is 6.53. The molecule has 4 heteroatoms. The Morgan fingerprint density at radius 3 is 3.22 bits per heavy atom. The Balaban J connectivity index is 2.30. The highest BCUT2D eigenvalue weighted by atomic mass is 32.1. The maximum Gasteiger partial charge on any atom is 0.197 e. The largest absolute Gasteiger partial charge is 0.297 e. The third-order valence-electron chi connectivity index (χ3n) is 0.804. The second kappa shape index (κ2) is 3.42. The van der Waals surface area contributed by atoms with Crippen LogP contribution in [0.1, 0.15) is 6.92 Å². The lowest BCUT2D eigenvalue weighted by molar-refractivity contribution is 0.842. The molecule has 1 heterocycles. The van der Waals surface area contributed by atoms with Crippen molar-refractivity contribution in [3.05, 3.63) is 11.6 Å². The number of thiazole rings is 1. The Labute approximate surface area is 58.1 Å². The van der Waals surface area contributed by atoms with Crippen LogP contribution in [0.4, 0.5) is 5.13 Å². The van der Waals surface area contributed by atoms with Gasteiger partial charge in [0.15, 0.2) is 5.13 Å². The maximum atomic E-state index is 4.00. The number of hydrogen-bond donors (Lipinski definition) is 2. The summed E-state index contributed by atoms with van der Waals surface area (Å²) in [7, 11) is 0. The summed E-state index contributed by atoms with van der Waals surface area (Å²) >= 11 is 1.58. The summed E-state index contributed by atoms with van der Waals surface area (Å²) in [5.41, 5.74) is 5.88. The van der Waals surface area contributed by atoms with Crippen LogP contribution in [0.15, 0.2) is 11.6 Å². The van der Waals surface area contributed by atoms with Crippen molar-refractivity contribution in [2.75, 3.05) is 12.0 Å². The molecule has 3 nitrogen and oxygen atoms in total. The Kier molecular flexibility index (Phi) is 2.48. The number of hydrazine groups is 1. The molecule has 0 saturated carbocycles. The number of hydrogen-bond acceptors (Lipinski definition) is 4. The van der Waals surface area contributed by atoms with E-state index in [4.69, 9.17) is 0 Å². The van der Waals surface area contributed by atoms with E-state index >= 15 is 0 Å². The van der Waals surface area contributed by atoms with Gasteiger partial charge >= 0.3 is 0 Å². The van der Waals surface area contributed by atoms with E-state index in [0.29, 0.717) is 0 Å². The summed E-state index contributed by atoms with van der Waals surface area (Å²) in [6.45, 7) is 2.93. The second-order valence-electron chi connectivity index (χ2n) is 1.49. The molecule has 0 aliphatic heterocycles. The fraction of sp³-hybridized carbons (Fsp3) is 0.400. The number of aromatic nitrogens is 1. The molecular formula is C5H9N3S. The Bertz CT molecular complexity index is 149. The highest BCUT2D eigenvalue weighted by Gasteiger charge is 1.87. The minimum absolute atomic E-state index is 0.902. The molecule has 1 rings (SSSR count). The molecule has 0 fully saturated rings. The summed E-state index contributed by atoms with van der Waals surface area (Å²) in [6.07, 6.45) is 1.77. The molecular weight excluding hydrogens is 134 g/mol. The van der Waals surface area contributed by atoms with Crippen molar-refractivity contribution in [1.29, 1.82) is 0 Å². The Morgan fingerprint density at radius 1 is 1.78 bits per heavy atom. The molecule has 2 N–H and O–H groups in total. The summed E-state index contributed by atoms with van der Waals surface area (Å²) in [6, 6.07) is 0. The summed E-state index contributed by atoms with van der Waals surface area (Å²) in [5, 5.41) is 2.84. The van der Waals surface area contributed by atoms with Crippen molar-refractivity contribution in [3.63, 3.8) is 0 Å². The maximum absolute atomic E-state index is 4.00. The first kappa shape index (κ1) is 6.51. The third kappa shape index (κ3) is 1.99. The van der Waals surface area contributed by atoms with E-state index in [1.165, 1.54) is 0 Å². The Morgan fingerprint density at radius 2 is 2.67 bits per heavy atom. The van der Waals surface area contributed by atoms with Crippen LogP contribution in [-0.4, -0.2) is 11.5 Å². The van der Waals surface area contributed by atoms with Gasteiger partial charge in [-0.1, -0.05) is 6.92 Å². The predicted molar refractivity (Wildman–Crippen MR) is 39.4 cm³/mol. The first-order chi connectivity index (χ1) is 4.43. The number of nitrogens with zero attached hydrogens (tertiary/aromatic N) is 1. The average molecular weight is 143 g/mol. The summed E-state index contributed by atoms with van der Waals surface area (Å²) in [5.74, 6) is 0. The molecule has 0 radical (unpaired) electrons. The summed E-state index contributed by atoms with van der Waals surface area (Å²) < 4.78 is 0. The predicted octanol–water partition coefficient (Wildman–Crippen LogP) is 1.08. The van der Waals surface area contributed by atoms with Gasteiger partial charge < -0.3 is 0 Å². The van der Waals surface area contributed by atoms with E-state index in [1.807, 2.05) is 12.3 Å². The first-order valence-electron chi connectivity index (χ1n) is 2.82. The van der Waals surface area contributed by atoms with E-state index in [2.05, 4.69) is 15.8 Å². The molecule has 0 amide bonds. The van der Waals surface area contributed by atoms with Gasteiger partial charge in [-0.25, -0.2) is 10.4 Å². The van der Waals surface area contributed by atoms with E-state index in [1.54, 1.807) is 17.5 Å². The normalized spacial score (nSPS) is 9.44. The lowest BCUT2D eigenvalue weighted by atomic mass is 10.8. The fourth-order valence-corrected chi connectivity index (χ4v) is 0.953. The number of nitrogens with one attached hydrogen (secondary N) is 2. The lowest BCUT2D eigenvalue weighted by Gasteiger charge is -1.98. The van der Waals surface area contributed by atoms with Crippen LogP contribution in [0.2, 0.25) is 0 Å². The lowest BCUT2D eigenvalue weighted by Crippen LogP contribution is -2.20. The van der Waals surface area contributed by atoms with E-state index < -0.39 is 0 Å². The van der Waals surface area contributed by atoms with Crippen LogP contribution in [0.25, 0.3) is 0 Å². The minimum Gasteiger partial charge on any atom is -0.297 e. The van der Waals surface area contributed by atoms with Gasteiger partial charge in [0.25, 0.3) is 0 Å². The van der Waals surface area contributed by atoms with Gasteiger partial charge in [-0.2, -0.15) is 0 Å². The van der Waals surface area contributed by atoms with Gasteiger partial charge in [0, 0.05) is 18.1 Å². The van der Waals surface area contributed by atoms with Crippen molar-refractivity contribution in [2.45, 2.75) is 6.92 Å². The zero-order valence-corrected chi connectivity index (χ0v) is 6.03. The van der Waals surface area contributed by atoms with Crippen molar-refractivity contribution in [1.82, 2.24) is 10.4 Å². The molecule has 0 unspecified atom stereocenters. The van der Waals surface area contributed by atoms with Gasteiger partial charge in [-0.15, -0.1) is 11.3 Å². The van der Waals surface area contributed by atoms with Gasteiger partial charge in [-0.3, -0.25) is 5.43 Å². The molecule has 0 aliphatic rings. The molecule has 9 heavy (non-hydrogen) atoms. The van der Waals surface area contributed by atoms with Crippen LogP contribution in [-0.2, 0) is 0 Å². The van der Waals surface area contributed by atoms with Gasteiger partial charge in [0.05, 0.1) is 0 Å². The standard InChI is InChI=1S/C5H9N3S/c1-2-7-8-5-6-3-4-9-5/h3-4,7H,2H2,1H3,(H,6,8). The fourth-order valence-electron chi connectivity index (χ4n) is 0.449. The Hall–Kier alpha value is -0.610. The van der Waals surface area contributed by atoms with Gasteiger partial charge in [0.2, 0.25) is 0 Å². The van der Waals surface area contributed by atoms with Crippen LogP contribution >= 0.6 is 11.3 Å². The number of rotatable bonds is 3. The minimum atomic E-state index is 0.902. The van der Waals surface area contributed by atoms with Crippen LogP contribution in [0.5, 0.6) is 0 Å². The molecule has 0 atom stereocenters. The van der Waals surface area contributed by atoms with E-state index in [-0.39, 0.29) is 0 Å². The van der Waals surface area contributed by atoms with Crippen LogP contribution in [0, 0.1) is 0 Å². The van der Waals surface area contributed by atoms with Crippen molar-refractivity contribution >= 4 is 16.5 Å². The quantitative estimate of drug-likeness (QED) is 0.622. The first-order valence-corrected chi connectivity index (χ1v) is 3.70. The zero-order valence-electron chi connectivity index (χ0n) is 5.22. The second-order valence-corrected chi connectivity index (χ2v) is 2.39.